The maximum Gasteiger partial charge on any atom is 0.266 e. The summed E-state index contributed by atoms with van der Waals surface area (Å²) in [4.78, 5) is 62.4. The molecule has 4 rings (SSSR count). The van der Waals surface area contributed by atoms with Crippen molar-refractivity contribution in [2.45, 2.75) is 57.0 Å². The molecule has 1 saturated carbocycles. The summed E-state index contributed by atoms with van der Waals surface area (Å²) < 4.78 is 5.58. The van der Waals surface area contributed by atoms with E-state index in [0.29, 0.717) is 0 Å². The first-order valence-corrected chi connectivity index (χ1v) is 10.2. The number of nitrogens with zero attached hydrogens (tertiary/aromatic N) is 1. The van der Waals surface area contributed by atoms with E-state index in [4.69, 9.17) is 4.74 Å². The molecule has 1 saturated heterocycles. The second kappa shape index (κ2) is 8.25. The quantitative estimate of drug-likeness (QED) is 0.692. The maximum absolute atomic E-state index is 13.0. The van der Waals surface area contributed by atoms with Gasteiger partial charge < -0.3 is 10.1 Å². The lowest BCUT2D eigenvalue weighted by Crippen LogP contribution is -2.54. The molecule has 9 heteroatoms. The summed E-state index contributed by atoms with van der Waals surface area (Å²) in [7, 11) is 0. The fourth-order valence-electron chi connectivity index (χ4n) is 4.26. The topological polar surface area (TPSA) is 122 Å². The van der Waals surface area contributed by atoms with E-state index >= 15 is 0 Å². The first kappa shape index (κ1) is 20.1. The van der Waals surface area contributed by atoms with Gasteiger partial charge in [-0.1, -0.05) is 25.3 Å². The summed E-state index contributed by atoms with van der Waals surface area (Å²) in [5.41, 5.74) is 0.160. The van der Waals surface area contributed by atoms with Crippen molar-refractivity contribution in [1.29, 1.82) is 0 Å². The van der Waals surface area contributed by atoms with E-state index in [9.17, 15) is 24.0 Å². The lowest BCUT2D eigenvalue weighted by molar-refractivity contribution is -0.136. The Morgan fingerprint density at radius 1 is 1.07 bits per heavy atom. The van der Waals surface area contributed by atoms with Crippen LogP contribution in [0.5, 0.6) is 5.75 Å². The molecule has 158 valence electrons. The summed E-state index contributed by atoms with van der Waals surface area (Å²) in [6.45, 7) is -0.271. The number of fused-ring (bicyclic) bond motifs is 1. The zero-order chi connectivity index (χ0) is 21.3. The molecule has 1 atom stereocenters. The predicted molar refractivity (Wildman–Crippen MR) is 104 cm³/mol. The highest BCUT2D eigenvalue weighted by Gasteiger charge is 2.46. The molecule has 3 aliphatic rings. The number of hydrogen-bond acceptors (Lipinski definition) is 6. The molecule has 0 aromatic heterocycles. The van der Waals surface area contributed by atoms with Crippen LogP contribution in [0.15, 0.2) is 18.2 Å². The molecule has 0 spiro atoms. The van der Waals surface area contributed by atoms with Gasteiger partial charge in [-0.15, -0.1) is 0 Å². The molecule has 2 aliphatic heterocycles. The molecular weight excluding hydrogens is 390 g/mol. The van der Waals surface area contributed by atoms with E-state index in [2.05, 4.69) is 10.6 Å². The maximum atomic E-state index is 13.0. The standard InChI is InChI=1S/C21H23N3O6/c25-16-10-9-14(19(27)23-16)24-20(28)13-7-4-8-15(18(13)21(24)29)30-11-17(26)22-12-5-2-1-3-6-12/h4,7-8,12,14H,1-3,5-6,9-11H2,(H,22,26)(H,23,25,27). The van der Waals surface area contributed by atoms with E-state index in [0.717, 1.165) is 30.6 Å². The summed E-state index contributed by atoms with van der Waals surface area (Å²) >= 11 is 0. The largest absolute Gasteiger partial charge is 0.483 e. The Bertz CT molecular complexity index is 921. The van der Waals surface area contributed by atoms with Crippen LogP contribution in [0.4, 0.5) is 0 Å². The van der Waals surface area contributed by atoms with E-state index < -0.39 is 29.7 Å². The van der Waals surface area contributed by atoms with Crippen molar-refractivity contribution in [2.75, 3.05) is 6.61 Å². The van der Waals surface area contributed by atoms with Gasteiger partial charge in [-0.05, 0) is 31.4 Å². The van der Waals surface area contributed by atoms with Gasteiger partial charge in [0.1, 0.15) is 11.8 Å². The van der Waals surface area contributed by atoms with Gasteiger partial charge in [-0.3, -0.25) is 34.2 Å². The zero-order valence-electron chi connectivity index (χ0n) is 16.4. The van der Waals surface area contributed by atoms with Gasteiger partial charge in [0.25, 0.3) is 17.7 Å². The monoisotopic (exact) mass is 413 g/mol. The van der Waals surface area contributed by atoms with Gasteiger partial charge in [-0.25, -0.2) is 0 Å². The summed E-state index contributed by atoms with van der Waals surface area (Å²) in [6, 6.07) is 3.66. The Hall–Kier alpha value is -3.23. The van der Waals surface area contributed by atoms with Gasteiger partial charge in [0, 0.05) is 12.5 Å². The van der Waals surface area contributed by atoms with Crippen molar-refractivity contribution in [3.05, 3.63) is 29.3 Å². The van der Waals surface area contributed by atoms with E-state index in [-0.39, 0.29) is 48.3 Å². The normalized spacial score (nSPS) is 22.0. The SMILES string of the molecule is O=C1CCC(N2C(=O)c3cccc(OCC(=O)NC4CCCCC4)c3C2=O)C(=O)N1. The lowest BCUT2D eigenvalue weighted by Gasteiger charge is -2.27. The van der Waals surface area contributed by atoms with Crippen LogP contribution >= 0.6 is 0 Å². The highest BCUT2D eigenvalue weighted by atomic mass is 16.5. The highest BCUT2D eigenvalue weighted by Crippen LogP contribution is 2.33. The molecule has 0 bridgehead atoms. The number of carbonyl (C=O) groups is 5. The van der Waals surface area contributed by atoms with Gasteiger partial charge in [0.15, 0.2) is 6.61 Å². The van der Waals surface area contributed by atoms with Crippen molar-refractivity contribution in [1.82, 2.24) is 15.5 Å². The molecule has 1 unspecified atom stereocenters. The number of imide groups is 2. The zero-order valence-corrected chi connectivity index (χ0v) is 16.4. The van der Waals surface area contributed by atoms with Crippen LogP contribution in [0.1, 0.15) is 65.7 Å². The highest BCUT2D eigenvalue weighted by molar-refractivity contribution is 6.24. The minimum atomic E-state index is -1.04. The average Bonchev–Trinajstić information content (AvgIpc) is 2.98. The number of hydrogen-bond donors (Lipinski definition) is 2. The number of ether oxygens (including phenoxy) is 1. The predicted octanol–water partition coefficient (Wildman–Crippen LogP) is 0.915. The van der Waals surface area contributed by atoms with Gasteiger partial charge in [0.2, 0.25) is 11.8 Å². The molecule has 2 heterocycles. The lowest BCUT2D eigenvalue weighted by atomic mass is 9.95. The minimum absolute atomic E-state index is 0.0395. The third kappa shape index (κ3) is 3.79. The first-order valence-electron chi connectivity index (χ1n) is 10.2. The minimum Gasteiger partial charge on any atom is -0.483 e. The Morgan fingerprint density at radius 3 is 2.57 bits per heavy atom. The van der Waals surface area contributed by atoms with Crippen LogP contribution in [0.2, 0.25) is 0 Å². The molecular formula is C21H23N3O6. The Balaban J connectivity index is 1.47. The fourth-order valence-corrected chi connectivity index (χ4v) is 4.26. The Labute approximate surface area is 173 Å². The fraction of sp³-hybridized carbons (Fsp3) is 0.476. The average molecular weight is 413 g/mol. The van der Waals surface area contributed by atoms with Gasteiger partial charge in [-0.2, -0.15) is 0 Å². The molecule has 0 radical (unpaired) electrons. The number of benzene rings is 1. The van der Waals surface area contributed by atoms with Crippen LogP contribution in [-0.4, -0.2) is 53.1 Å². The van der Waals surface area contributed by atoms with Crippen molar-refractivity contribution < 1.29 is 28.7 Å². The number of rotatable bonds is 5. The van der Waals surface area contributed by atoms with Crippen LogP contribution in [0, 0.1) is 0 Å². The number of carbonyl (C=O) groups excluding carboxylic acids is 5. The Morgan fingerprint density at radius 2 is 1.83 bits per heavy atom. The number of piperidine rings is 1. The molecule has 1 aliphatic carbocycles. The smallest absolute Gasteiger partial charge is 0.266 e. The summed E-state index contributed by atoms with van der Waals surface area (Å²) in [6.07, 6.45) is 5.37. The van der Waals surface area contributed by atoms with E-state index in [1.807, 2.05) is 0 Å². The van der Waals surface area contributed by atoms with Crippen molar-refractivity contribution in [3.63, 3.8) is 0 Å². The summed E-state index contributed by atoms with van der Waals surface area (Å²) in [5.74, 6) is -2.52. The van der Waals surface area contributed by atoms with Crippen LogP contribution < -0.4 is 15.4 Å². The van der Waals surface area contributed by atoms with Crippen molar-refractivity contribution in [3.8, 4) is 5.75 Å². The molecule has 1 aromatic carbocycles. The first-order chi connectivity index (χ1) is 14.5. The van der Waals surface area contributed by atoms with Crippen LogP contribution in [0.25, 0.3) is 0 Å². The van der Waals surface area contributed by atoms with E-state index in [1.165, 1.54) is 18.6 Å². The van der Waals surface area contributed by atoms with Gasteiger partial charge in [0.05, 0.1) is 11.1 Å². The molecule has 1 aromatic rings. The number of nitrogens with one attached hydrogen (secondary N) is 2. The molecule has 5 amide bonds. The van der Waals surface area contributed by atoms with Crippen molar-refractivity contribution >= 4 is 29.5 Å². The Kier molecular flexibility index (Phi) is 5.52. The third-order valence-corrected chi connectivity index (χ3v) is 5.76. The second-order valence-corrected chi connectivity index (χ2v) is 7.82. The van der Waals surface area contributed by atoms with Crippen molar-refractivity contribution in [2.24, 2.45) is 0 Å². The van der Waals surface area contributed by atoms with Crippen LogP contribution in [-0.2, 0) is 14.4 Å². The molecule has 9 nitrogen and oxygen atoms in total. The third-order valence-electron chi connectivity index (χ3n) is 5.76. The second-order valence-electron chi connectivity index (χ2n) is 7.82. The molecule has 2 N–H and O–H groups in total. The van der Waals surface area contributed by atoms with Crippen LogP contribution in [0.3, 0.4) is 0 Å². The van der Waals surface area contributed by atoms with E-state index in [1.54, 1.807) is 6.07 Å². The number of amides is 5. The summed E-state index contributed by atoms with van der Waals surface area (Å²) in [5, 5.41) is 5.10. The van der Waals surface area contributed by atoms with Gasteiger partial charge >= 0.3 is 0 Å². The molecule has 2 fully saturated rings. The molecule has 30 heavy (non-hydrogen) atoms.